The van der Waals surface area contributed by atoms with Gasteiger partial charge in [-0.25, -0.2) is 4.98 Å². The summed E-state index contributed by atoms with van der Waals surface area (Å²) in [6, 6.07) is 12.3. The van der Waals surface area contributed by atoms with Crippen LogP contribution in [0.15, 0.2) is 42.5 Å². The molecule has 0 bridgehead atoms. The van der Waals surface area contributed by atoms with Crippen LogP contribution in [0.25, 0.3) is 23.1 Å². The first-order chi connectivity index (χ1) is 13.9. The number of rotatable bonds is 5. The molecule has 2 aromatic carbocycles. The fourth-order valence-electron chi connectivity index (χ4n) is 2.76. The number of methoxy groups -OCH3 is 1. The number of hydrogen-bond acceptors (Lipinski definition) is 6. The molecular weight excluding hydrogens is 394 g/mol. The maximum Gasteiger partial charge on any atom is 0.308 e. The maximum absolute atomic E-state index is 11.5. The number of carbonyl (C=O) groups is 2. The van der Waals surface area contributed by atoms with Crippen LogP contribution in [-0.2, 0) is 9.59 Å². The zero-order valence-electron chi connectivity index (χ0n) is 16.1. The number of ether oxygens (including phenoxy) is 3. The Kier molecular flexibility index (Phi) is 6.14. The molecule has 0 aliphatic rings. The lowest BCUT2D eigenvalue weighted by atomic mass is 10.1. The molecule has 3 rings (SSSR count). The first-order valence-corrected chi connectivity index (χ1v) is 9.07. The van der Waals surface area contributed by atoms with Crippen molar-refractivity contribution >= 4 is 46.6 Å². The third-order valence-electron chi connectivity index (χ3n) is 3.91. The Bertz CT molecular complexity index is 1120. The predicted molar refractivity (Wildman–Crippen MR) is 111 cm³/mol. The monoisotopic (exact) mass is 411 g/mol. The molecule has 0 aliphatic heterocycles. The van der Waals surface area contributed by atoms with Crippen LogP contribution in [0.1, 0.15) is 25.1 Å². The molecule has 0 N–H and O–H groups in total. The molecule has 1 heterocycles. The summed E-state index contributed by atoms with van der Waals surface area (Å²) in [4.78, 5) is 27.4. The molecule has 6 nitrogen and oxygen atoms in total. The van der Waals surface area contributed by atoms with E-state index < -0.39 is 11.9 Å². The van der Waals surface area contributed by atoms with Gasteiger partial charge in [0.25, 0.3) is 0 Å². The molecule has 0 aliphatic carbocycles. The highest BCUT2D eigenvalue weighted by Crippen LogP contribution is 2.36. The minimum absolute atomic E-state index is 0.266. The molecule has 3 aromatic rings. The van der Waals surface area contributed by atoms with E-state index >= 15 is 0 Å². The first-order valence-electron chi connectivity index (χ1n) is 8.69. The summed E-state index contributed by atoms with van der Waals surface area (Å²) in [5.41, 5.74) is 1.73. The second-order valence-electron chi connectivity index (χ2n) is 6.11. The van der Waals surface area contributed by atoms with Crippen LogP contribution in [0.2, 0.25) is 5.02 Å². The third kappa shape index (κ3) is 4.92. The van der Waals surface area contributed by atoms with Gasteiger partial charge in [-0.3, -0.25) is 9.59 Å². The number of para-hydroxylation sites is 1. The lowest BCUT2D eigenvalue weighted by Crippen LogP contribution is -2.04. The van der Waals surface area contributed by atoms with Crippen LogP contribution in [0.5, 0.6) is 17.2 Å². The van der Waals surface area contributed by atoms with E-state index in [9.17, 15) is 9.59 Å². The van der Waals surface area contributed by atoms with Gasteiger partial charge in [-0.1, -0.05) is 29.8 Å². The summed E-state index contributed by atoms with van der Waals surface area (Å²) in [7, 11) is 1.47. The maximum atomic E-state index is 11.5. The number of aromatic nitrogens is 1. The van der Waals surface area contributed by atoms with Crippen LogP contribution in [0.4, 0.5) is 0 Å². The molecule has 0 unspecified atom stereocenters. The van der Waals surface area contributed by atoms with Gasteiger partial charge in [0.2, 0.25) is 0 Å². The molecular formula is C22H18ClNO5. The van der Waals surface area contributed by atoms with Gasteiger partial charge in [0.05, 0.1) is 12.8 Å². The van der Waals surface area contributed by atoms with Crippen molar-refractivity contribution in [2.24, 2.45) is 0 Å². The molecule has 1 aromatic heterocycles. The van der Waals surface area contributed by atoms with Crippen molar-refractivity contribution in [3.63, 3.8) is 0 Å². The Morgan fingerprint density at radius 1 is 0.966 bits per heavy atom. The molecule has 0 spiro atoms. The molecule has 29 heavy (non-hydrogen) atoms. The second-order valence-corrected chi connectivity index (χ2v) is 6.55. The SMILES string of the molecule is COc1cc(Cl)cc(/C=C/c2ccc3cccc(OC(C)=O)c3n2)c1OC(C)=O. The Morgan fingerprint density at radius 3 is 2.41 bits per heavy atom. The van der Waals surface area contributed by atoms with Crippen LogP contribution in [-0.4, -0.2) is 24.0 Å². The number of hydrogen-bond donors (Lipinski definition) is 0. The average molecular weight is 412 g/mol. The van der Waals surface area contributed by atoms with Crippen LogP contribution >= 0.6 is 11.6 Å². The average Bonchev–Trinajstić information content (AvgIpc) is 2.67. The number of fused-ring (bicyclic) bond motifs is 1. The summed E-state index contributed by atoms with van der Waals surface area (Å²) in [5.74, 6) is 0.0979. The largest absolute Gasteiger partial charge is 0.493 e. The Hall–Kier alpha value is -3.38. The highest BCUT2D eigenvalue weighted by molar-refractivity contribution is 6.31. The highest BCUT2D eigenvalue weighted by Gasteiger charge is 2.13. The zero-order chi connectivity index (χ0) is 21.0. The van der Waals surface area contributed by atoms with Crippen LogP contribution in [0, 0.1) is 0 Å². The van der Waals surface area contributed by atoms with Crippen molar-refractivity contribution in [2.75, 3.05) is 7.11 Å². The molecule has 0 saturated heterocycles. The molecule has 7 heteroatoms. The van der Waals surface area contributed by atoms with E-state index in [1.165, 1.54) is 21.0 Å². The van der Waals surface area contributed by atoms with Gasteiger partial charge in [-0.2, -0.15) is 0 Å². The van der Waals surface area contributed by atoms with Gasteiger partial charge >= 0.3 is 11.9 Å². The lowest BCUT2D eigenvalue weighted by Gasteiger charge is -2.11. The van der Waals surface area contributed by atoms with Gasteiger partial charge in [0, 0.05) is 35.9 Å². The van der Waals surface area contributed by atoms with Crippen molar-refractivity contribution in [1.82, 2.24) is 4.98 Å². The Labute approximate surface area is 172 Å². The minimum Gasteiger partial charge on any atom is -0.493 e. The standard InChI is InChI=1S/C22H18ClNO5/c1-13(25)28-19-6-4-5-15-7-9-18(24-21(15)19)10-8-16-11-17(23)12-20(27-3)22(16)29-14(2)26/h4-12H,1-3H3/b10-8+. The fourth-order valence-corrected chi connectivity index (χ4v) is 2.97. The van der Waals surface area contributed by atoms with E-state index in [0.717, 1.165) is 5.39 Å². The summed E-state index contributed by atoms with van der Waals surface area (Å²) in [6.45, 7) is 2.65. The van der Waals surface area contributed by atoms with Crippen LogP contribution < -0.4 is 14.2 Å². The molecule has 0 atom stereocenters. The Balaban J connectivity index is 2.03. The smallest absolute Gasteiger partial charge is 0.308 e. The van der Waals surface area contributed by atoms with Crippen molar-refractivity contribution in [1.29, 1.82) is 0 Å². The molecule has 0 fully saturated rings. The summed E-state index contributed by atoms with van der Waals surface area (Å²) >= 11 is 6.15. The predicted octanol–water partition coefficient (Wildman–Crippen LogP) is 4.92. The number of carbonyl (C=O) groups excluding carboxylic acids is 2. The van der Waals surface area contributed by atoms with Gasteiger partial charge in [-0.15, -0.1) is 0 Å². The summed E-state index contributed by atoms with van der Waals surface area (Å²) in [5, 5.41) is 1.27. The Morgan fingerprint density at radius 2 is 1.72 bits per heavy atom. The number of nitrogens with zero attached hydrogens (tertiary/aromatic N) is 1. The van der Waals surface area contributed by atoms with Gasteiger partial charge in [0.15, 0.2) is 17.2 Å². The van der Waals surface area contributed by atoms with E-state index in [-0.39, 0.29) is 5.75 Å². The van der Waals surface area contributed by atoms with Crippen molar-refractivity contribution in [2.45, 2.75) is 13.8 Å². The van der Waals surface area contributed by atoms with Gasteiger partial charge < -0.3 is 14.2 Å². The second kappa shape index (κ2) is 8.75. The van der Waals surface area contributed by atoms with Crippen molar-refractivity contribution in [3.8, 4) is 17.2 Å². The quantitative estimate of drug-likeness (QED) is 0.438. The van der Waals surface area contributed by atoms with E-state index in [2.05, 4.69) is 4.98 Å². The molecule has 148 valence electrons. The number of benzene rings is 2. The lowest BCUT2D eigenvalue weighted by molar-refractivity contribution is -0.132. The highest BCUT2D eigenvalue weighted by atomic mass is 35.5. The topological polar surface area (TPSA) is 74.7 Å². The van der Waals surface area contributed by atoms with E-state index in [4.69, 9.17) is 25.8 Å². The molecule has 0 saturated carbocycles. The van der Waals surface area contributed by atoms with E-state index in [1.54, 1.807) is 36.4 Å². The number of halogens is 1. The van der Waals surface area contributed by atoms with E-state index in [0.29, 0.717) is 33.3 Å². The zero-order valence-corrected chi connectivity index (χ0v) is 16.8. The van der Waals surface area contributed by atoms with Gasteiger partial charge in [-0.05, 0) is 30.4 Å². The summed E-state index contributed by atoms with van der Waals surface area (Å²) < 4.78 is 15.8. The molecule has 0 amide bonds. The minimum atomic E-state index is -0.477. The fraction of sp³-hybridized carbons (Fsp3) is 0.136. The normalized spacial score (nSPS) is 10.9. The van der Waals surface area contributed by atoms with Crippen molar-refractivity contribution in [3.05, 3.63) is 58.7 Å². The molecule has 0 radical (unpaired) electrons. The number of pyridine rings is 1. The van der Waals surface area contributed by atoms with Gasteiger partial charge in [0.1, 0.15) is 5.52 Å². The van der Waals surface area contributed by atoms with Crippen molar-refractivity contribution < 1.29 is 23.8 Å². The third-order valence-corrected chi connectivity index (χ3v) is 4.12. The van der Waals surface area contributed by atoms with E-state index in [1.807, 2.05) is 18.2 Å². The summed E-state index contributed by atoms with van der Waals surface area (Å²) in [6.07, 6.45) is 3.46. The number of esters is 2. The van der Waals surface area contributed by atoms with Crippen LogP contribution in [0.3, 0.4) is 0 Å². The first kappa shape index (κ1) is 20.4.